The Morgan fingerprint density at radius 1 is 1.03 bits per heavy atom. The van der Waals surface area contributed by atoms with Gasteiger partial charge in [-0.2, -0.15) is 0 Å². The van der Waals surface area contributed by atoms with Crippen LogP contribution in [0.1, 0.15) is 32.8 Å². The summed E-state index contributed by atoms with van der Waals surface area (Å²) >= 11 is 0. The number of halogens is 1. The molecule has 0 atom stereocenters. The average Bonchev–Trinajstić information content (AvgIpc) is 2.59. The van der Waals surface area contributed by atoms with E-state index in [9.17, 15) is 13.2 Å². The molecule has 1 aromatic carbocycles. The summed E-state index contributed by atoms with van der Waals surface area (Å²) in [4.78, 5) is 15.6. The van der Waals surface area contributed by atoms with Crippen molar-refractivity contribution in [3.05, 3.63) is 35.9 Å². The lowest BCUT2D eigenvalue weighted by molar-refractivity contribution is 0.0529. The smallest absolute Gasteiger partial charge is 0.407 e. The number of sulfone groups is 1. The fourth-order valence-corrected chi connectivity index (χ4v) is 3.71. The molecule has 0 heterocycles. The lowest BCUT2D eigenvalue weighted by atomic mass is 10.2. The molecule has 0 aliphatic rings. The van der Waals surface area contributed by atoms with Crippen molar-refractivity contribution in [1.82, 2.24) is 16.0 Å². The number of carbonyl (C=O) groups is 1. The molecule has 1 amide bonds. The minimum Gasteiger partial charge on any atom is -0.444 e. The Morgan fingerprint density at radius 3 is 2.21 bits per heavy atom. The number of benzene rings is 1. The minimum atomic E-state index is -3.15. The molecule has 8 nitrogen and oxygen atoms in total. The fourth-order valence-electron chi connectivity index (χ4n) is 2.28. The summed E-state index contributed by atoms with van der Waals surface area (Å²) in [5, 5.41) is 8.75. The number of nitrogens with zero attached hydrogens (tertiary/aromatic N) is 1. The molecule has 10 heteroatoms. The van der Waals surface area contributed by atoms with E-state index in [1.165, 1.54) is 0 Å². The van der Waals surface area contributed by atoms with Crippen LogP contribution in [0.2, 0.25) is 0 Å². The number of guanidine groups is 1. The first kappa shape index (κ1) is 27.4. The Hall–Kier alpha value is -1.56. The predicted octanol–water partition coefficient (Wildman–Crippen LogP) is 2.30. The molecular formula is C19H33IN4O4S. The Labute approximate surface area is 191 Å². The highest BCUT2D eigenvalue weighted by molar-refractivity contribution is 14.0. The molecule has 166 valence electrons. The van der Waals surface area contributed by atoms with Gasteiger partial charge in [-0.1, -0.05) is 30.3 Å². The van der Waals surface area contributed by atoms with E-state index in [0.29, 0.717) is 32.0 Å². The van der Waals surface area contributed by atoms with Gasteiger partial charge in [0.15, 0.2) is 15.8 Å². The van der Waals surface area contributed by atoms with Gasteiger partial charge >= 0.3 is 6.09 Å². The number of rotatable bonds is 9. The number of ether oxygens (including phenoxy) is 1. The van der Waals surface area contributed by atoms with Crippen LogP contribution < -0.4 is 16.0 Å². The van der Waals surface area contributed by atoms with Gasteiger partial charge in [0.1, 0.15) is 5.60 Å². The van der Waals surface area contributed by atoms with E-state index in [4.69, 9.17) is 4.74 Å². The van der Waals surface area contributed by atoms with Crippen LogP contribution in [0.15, 0.2) is 35.3 Å². The third-order valence-corrected chi connectivity index (χ3v) is 5.15. The van der Waals surface area contributed by atoms with E-state index in [1.807, 2.05) is 30.3 Å². The Balaban J connectivity index is 0.00000784. The largest absolute Gasteiger partial charge is 0.444 e. The topological polar surface area (TPSA) is 109 Å². The van der Waals surface area contributed by atoms with E-state index >= 15 is 0 Å². The van der Waals surface area contributed by atoms with Gasteiger partial charge in [-0.05, 0) is 32.8 Å². The maximum atomic E-state index is 12.2. The van der Waals surface area contributed by atoms with E-state index in [2.05, 4.69) is 20.9 Å². The third-order valence-electron chi connectivity index (χ3n) is 3.46. The van der Waals surface area contributed by atoms with E-state index < -0.39 is 21.5 Å². The molecule has 0 saturated carbocycles. The van der Waals surface area contributed by atoms with Gasteiger partial charge in [0, 0.05) is 26.7 Å². The van der Waals surface area contributed by atoms with Crippen molar-refractivity contribution in [2.75, 3.05) is 32.4 Å². The summed E-state index contributed by atoms with van der Waals surface area (Å²) in [6, 6.07) is 9.15. The van der Waals surface area contributed by atoms with Gasteiger partial charge < -0.3 is 20.7 Å². The first-order valence-electron chi connectivity index (χ1n) is 9.27. The number of hydrogen-bond acceptors (Lipinski definition) is 5. The molecule has 0 bridgehead atoms. The van der Waals surface area contributed by atoms with Crippen molar-refractivity contribution < 1.29 is 17.9 Å². The van der Waals surface area contributed by atoms with Crippen molar-refractivity contribution in [2.24, 2.45) is 4.99 Å². The molecule has 0 unspecified atom stereocenters. The lowest BCUT2D eigenvalue weighted by Gasteiger charge is -2.19. The second kappa shape index (κ2) is 13.6. The van der Waals surface area contributed by atoms with Gasteiger partial charge in [-0.3, -0.25) is 4.99 Å². The molecule has 0 spiro atoms. The summed E-state index contributed by atoms with van der Waals surface area (Å²) in [5.41, 5.74) is 0.265. The van der Waals surface area contributed by atoms with Crippen molar-refractivity contribution in [1.29, 1.82) is 0 Å². The zero-order valence-electron chi connectivity index (χ0n) is 17.5. The number of hydrogen-bond donors (Lipinski definition) is 3. The van der Waals surface area contributed by atoms with Crippen molar-refractivity contribution in [3.8, 4) is 0 Å². The molecule has 0 aromatic heterocycles. The van der Waals surface area contributed by atoms with Crippen molar-refractivity contribution in [2.45, 2.75) is 38.5 Å². The number of nitrogens with one attached hydrogen (secondary N) is 3. The standard InChI is InChI=1S/C19H32N4O4S.HI/c1-19(2,3)27-18(24)23-13-12-22-17(20-4)21-11-8-14-28(25,26)15-16-9-6-5-7-10-16;/h5-7,9-10H,8,11-15H2,1-4H3,(H,23,24)(H2,20,21,22);1H. The first-order valence-corrected chi connectivity index (χ1v) is 11.1. The van der Waals surface area contributed by atoms with E-state index in [1.54, 1.807) is 27.8 Å². The second-order valence-corrected chi connectivity index (χ2v) is 9.47. The van der Waals surface area contributed by atoms with E-state index in [-0.39, 0.29) is 35.5 Å². The third kappa shape index (κ3) is 14.1. The van der Waals surface area contributed by atoms with Gasteiger partial charge in [-0.25, -0.2) is 13.2 Å². The van der Waals surface area contributed by atoms with Gasteiger partial charge in [0.25, 0.3) is 0 Å². The first-order chi connectivity index (χ1) is 13.1. The van der Waals surface area contributed by atoms with Crippen LogP contribution in [0.25, 0.3) is 0 Å². The van der Waals surface area contributed by atoms with Crippen LogP contribution >= 0.6 is 24.0 Å². The van der Waals surface area contributed by atoms with Gasteiger partial charge in [0.2, 0.25) is 0 Å². The summed E-state index contributed by atoms with van der Waals surface area (Å²) in [7, 11) is -1.52. The number of amides is 1. The highest BCUT2D eigenvalue weighted by Crippen LogP contribution is 2.07. The second-order valence-electron chi connectivity index (χ2n) is 7.29. The lowest BCUT2D eigenvalue weighted by Crippen LogP contribution is -2.42. The fraction of sp³-hybridized carbons (Fsp3) is 0.579. The molecule has 0 aliphatic carbocycles. The maximum Gasteiger partial charge on any atom is 0.407 e. The molecule has 3 N–H and O–H groups in total. The van der Waals surface area contributed by atoms with Crippen molar-refractivity contribution in [3.63, 3.8) is 0 Å². The summed E-state index contributed by atoms with van der Waals surface area (Å²) in [6.45, 7) is 6.73. The number of carbonyl (C=O) groups excluding carboxylic acids is 1. The summed E-state index contributed by atoms with van der Waals surface area (Å²) < 4.78 is 29.5. The van der Waals surface area contributed by atoms with E-state index in [0.717, 1.165) is 5.56 Å². The van der Waals surface area contributed by atoms with Crippen molar-refractivity contribution >= 4 is 45.9 Å². The van der Waals surface area contributed by atoms with Crippen LogP contribution in [0.4, 0.5) is 4.79 Å². The van der Waals surface area contributed by atoms with Crippen LogP contribution in [0, 0.1) is 0 Å². The highest BCUT2D eigenvalue weighted by atomic mass is 127. The molecule has 0 radical (unpaired) electrons. The van der Waals surface area contributed by atoms with Gasteiger partial charge in [0.05, 0.1) is 11.5 Å². The molecule has 29 heavy (non-hydrogen) atoms. The SMILES string of the molecule is CN=C(NCCCS(=O)(=O)Cc1ccccc1)NCCNC(=O)OC(C)(C)C.I. The van der Waals surface area contributed by atoms with Crippen LogP contribution in [-0.2, 0) is 20.3 Å². The summed E-state index contributed by atoms with van der Waals surface area (Å²) in [6.07, 6.45) is 0.00678. The zero-order valence-corrected chi connectivity index (χ0v) is 20.7. The minimum absolute atomic E-state index is 0. The number of aliphatic imine (C=N–C) groups is 1. The maximum absolute atomic E-state index is 12.2. The Morgan fingerprint density at radius 2 is 1.62 bits per heavy atom. The predicted molar refractivity (Wildman–Crippen MR) is 128 cm³/mol. The Kier molecular flexibility index (Phi) is 12.9. The van der Waals surface area contributed by atoms with Crippen LogP contribution in [-0.4, -0.2) is 58.5 Å². The van der Waals surface area contributed by atoms with Crippen LogP contribution in [0.3, 0.4) is 0 Å². The summed E-state index contributed by atoms with van der Waals surface area (Å²) in [5.74, 6) is 0.704. The number of alkyl carbamates (subject to hydrolysis) is 1. The normalized spacial score (nSPS) is 11.9. The molecule has 1 rings (SSSR count). The molecule has 0 fully saturated rings. The molecule has 1 aromatic rings. The zero-order chi connectivity index (χ0) is 21.0. The molecular weight excluding hydrogens is 507 g/mol. The van der Waals surface area contributed by atoms with Gasteiger partial charge in [-0.15, -0.1) is 24.0 Å². The average molecular weight is 540 g/mol. The Bertz CT molecular complexity index is 734. The molecule has 0 aliphatic heterocycles. The quantitative estimate of drug-likeness (QED) is 0.192. The molecule has 0 saturated heterocycles. The highest BCUT2D eigenvalue weighted by Gasteiger charge is 2.15. The van der Waals surface area contributed by atoms with Crippen LogP contribution in [0.5, 0.6) is 0 Å². The monoisotopic (exact) mass is 540 g/mol.